The highest BCUT2D eigenvalue weighted by atomic mass is 32.2. The van der Waals surface area contributed by atoms with E-state index in [2.05, 4.69) is 10.2 Å². The van der Waals surface area contributed by atoms with Crippen LogP contribution >= 0.6 is 0 Å². The standard InChI is InChI=1S/C7H15NO3S/c8-11-12(9,10)6-7-4-2-1-3-5-7/h7H,1-6,8H2. The number of rotatable bonds is 3. The molecule has 0 aromatic carbocycles. The fourth-order valence-corrected chi connectivity index (χ4v) is 2.67. The molecule has 1 saturated carbocycles. The van der Waals surface area contributed by atoms with Crippen LogP contribution in [0.5, 0.6) is 0 Å². The minimum Gasteiger partial charge on any atom is -0.198 e. The zero-order valence-corrected chi connectivity index (χ0v) is 7.85. The van der Waals surface area contributed by atoms with E-state index in [4.69, 9.17) is 0 Å². The molecule has 12 heavy (non-hydrogen) atoms. The third kappa shape index (κ3) is 3.08. The van der Waals surface area contributed by atoms with Gasteiger partial charge in [-0.2, -0.15) is 18.6 Å². The van der Waals surface area contributed by atoms with Crippen LogP contribution in [0.4, 0.5) is 0 Å². The minimum atomic E-state index is -3.44. The van der Waals surface area contributed by atoms with E-state index in [0.717, 1.165) is 25.7 Å². The second-order valence-corrected chi connectivity index (χ2v) is 4.97. The Balaban J connectivity index is 2.39. The van der Waals surface area contributed by atoms with Crippen LogP contribution in [0.3, 0.4) is 0 Å². The summed E-state index contributed by atoms with van der Waals surface area (Å²) in [5.41, 5.74) is 0. The predicted molar refractivity (Wildman–Crippen MR) is 45.6 cm³/mol. The molecule has 0 radical (unpaired) electrons. The first-order chi connectivity index (χ1) is 5.64. The molecule has 1 aliphatic carbocycles. The van der Waals surface area contributed by atoms with Gasteiger partial charge in [-0.15, -0.1) is 0 Å². The lowest BCUT2D eigenvalue weighted by Crippen LogP contribution is -2.22. The molecule has 1 aliphatic rings. The molecule has 72 valence electrons. The summed E-state index contributed by atoms with van der Waals surface area (Å²) >= 11 is 0. The van der Waals surface area contributed by atoms with Crippen molar-refractivity contribution in [2.24, 2.45) is 11.8 Å². The maximum Gasteiger partial charge on any atom is 0.283 e. The van der Waals surface area contributed by atoms with E-state index in [1.807, 2.05) is 0 Å². The predicted octanol–water partition coefficient (Wildman–Crippen LogP) is 0.787. The highest BCUT2D eigenvalue weighted by molar-refractivity contribution is 7.86. The van der Waals surface area contributed by atoms with Gasteiger partial charge in [-0.3, -0.25) is 0 Å². The summed E-state index contributed by atoms with van der Waals surface area (Å²) < 4.78 is 25.8. The van der Waals surface area contributed by atoms with Crippen LogP contribution in [0.1, 0.15) is 32.1 Å². The van der Waals surface area contributed by atoms with Crippen molar-refractivity contribution in [1.29, 1.82) is 0 Å². The molecule has 2 N–H and O–H groups in total. The Labute approximate surface area is 73.2 Å². The summed E-state index contributed by atoms with van der Waals surface area (Å²) in [6, 6.07) is 0. The second kappa shape index (κ2) is 4.20. The van der Waals surface area contributed by atoms with E-state index < -0.39 is 10.1 Å². The van der Waals surface area contributed by atoms with Crippen molar-refractivity contribution >= 4 is 10.1 Å². The van der Waals surface area contributed by atoms with Crippen LogP contribution < -0.4 is 5.90 Å². The number of hydrogen-bond donors (Lipinski definition) is 1. The maximum absolute atomic E-state index is 10.9. The van der Waals surface area contributed by atoms with E-state index in [1.165, 1.54) is 6.42 Å². The third-order valence-corrected chi connectivity index (χ3v) is 3.48. The van der Waals surface area contributed by atoms with E-state index in [0.29, 0.717) is 0 Å². The van der Waals surface area contributed by atoms with E-state index in [-0.39, 0.29) is 11.7 Å². The molecule has 4 nitrogen and oxygen atoms in total. The van der Waals surface area contributed by atoms with Gasteiger partial charge in [-0.05, 0) is 18.8 Å². The molecule has 0 atom stereocenters. The molecular weight excluding hydrogens is 178 g/mol. The molecule has 0 unspecified atom stereocenters. The van der Waals surface area contributed by atoms with Crippen LogP contribution in [0.2, 0.25) is 0 Å². The van der Waals surface area contributed by atoms with Crippen LogP contribution in [-0.4, -0.2) is 14.2 Å². The molecule has 0 aliphatic heterocycles. The molecule has 0 saturated heterocycles. The van der Waals surface area contributed by atoms with Gasteiger partial charge in [0.2, 0.25) is 0 Å². The highest BCUT2D eigenvalue weighted by Crippen LogP contribution is 2.24. The SMILES string of the molecule is NOS(=O)(=O)CC1CCCCC1. The molecule has 0 aromatic heterocycles. The van der Waals surface area contributed by atoms with Gasteiger partial charge >= 0.3 is 0 Å². The average molecular weight is 193 g/mol. The smallest absolute Gasteiger partial charge is 0.198 e. The fraction of sp³-hybridized carbons (Fsp3) is 1.00. The molecule has 0 bridgehead atoms. The topological polar surface area (TPSA) is 69.4 Å². The summed E-state index contributed by atoms with van der Waals surface area (Å²) in [6.07, 6.45) is 5.46. The van der Waals surface area contributed by atoms with Crippen LogP contribution in [0.25, 0.3) is 0 Å². The molecule has 1 fully saturated rings. The summed E-state index contributed by atoms with van der Waals surface area (Å²) in [4.78, 5) is 0. The highest BCUT2D eigenvalue weighted by Gasteiger charge is 2.21. The van der Waals surface area contributed by atoms with Crippen LogP contribution in [0, 0.1) is 5.92 Å². The van der Waals surface area contributed by atoms with Gasteiger partial charge in [-0.1, -0.05) is 19.3 Å². The van der Waals surface area contributed by atoms with Crippen molar-refractivity contribution in [2.75, 3.05) is 5.75 Å². The quantitative estimate of drug-likeness (QED) is 0.673. The third-order valence-electron chi connectivity index (χ3n) is 2.31. The van der Waals surface area contributed by atoms with Gasteiger partial charge in [0, 0.05) is 0 Å². The lowest BCUT2D eigenvalue weighted by molar-refractivity contribution is 0.316. The molecule has 0 spiro atoms. The first-order valence-corrected chi connectivity index (χ1v) is 5.83. The Morgan fingerprint density at radius 3 is 2.33 bits per heavy atom. The molecule has 0 heterocycles. The fourth-order valence-electron chi connectivity index (χ4n) is 1.68. The van der Waals surface area contributed by atoms with Gasteiger partial charge in [0.05, 0.1) is 5.75 Å². The number of nitrogens with two attached hydrogens (primary N) is 1. The van der Waals surface area contributed by atoms with Crippen molar-refractivity contribution < 1.29 is 12.7 Å². The molecule has 0 aromatic rings. The first kappa shape index (κ1) is 9.95. The second-order valence-electron chi connectivity index (χ2n) is 3.32. The molecule has 0 amide bonds. The van der Waals surface area contributed by atoms with Crippen LogP contribution in [-0.2, 0) is 14.4 Å². The van der Waals surface area contributed by atoms with Gasteiger partial charge in [0.15, 0.2) is 0 Å². The summed E-state index contributed by atoms with van der Waals surface area (Å²) in [7, 11) is -3.44. The Hall–Kier alpha value is -0.130. The Morgan fingerprint density at radius 1 is 1.25 bits per heavy atom. The maximum atomic E-state index is 10.9. The monoisotopic (exact) mass is 193 g/mol. The lowest BCUT2D eigenvalue weighted by Gasteiger charge is -2.20. The number of hydrogen-bond acceptors (Lipinski definition) is 4. The minimum absolute atomic E-state index is 0.0868. The Kier molecular flexibility index (Phi) is 3.49. The average Bonchev–Trinajstić information content (AvgIpc) is 2.06. The Morgan fingerprint density at radius 2 is 1.83 bits per heavy atom. The van der Waals surface area contributed by atoms with Crippen molar-refractivity contribution in [2.45, 2.75) is 32.1 Å². The van der Waals surface area contributed by atoms with Crippen LogP contribution in [0.15, 0.2) is 0 Å². The summed E-state index contributed by atoms with van der Waals surface area (Å²) in [5.74, 6) is 4.98. The molecule has 1 rings (SSSR count). The van der Waals surface area contributed by atoms with Crippen molar-refractivity contribution in [3.63, 3.8) is 0 Å². The van der Waals surface area contributed by atoms with Crippen molar-refractivity contribution in [3.05, 3.63) is 0 Å². The van der Waals surface area contributed by atoms with Gasteiger partial charge in [0.25, 0.3) is 10.1 Å². The van der Waals surface area contributed by atoms with Crippen molar-refractivity contribution in [1.82, 2.24) is 0 Å². The summed E-state index contributed by atoms with van der Waals surface area (Å²) in [5, 5.41) is 0. The van der Waals surface area contributed by atoms with E-state index >= 15 is 0 Å². The normalized spacial score (nSPS) is 21.1. The largest absolute Gasteiger partial charge is 0.283 e. The first-order valence-electron chi connectivity index (χ1n) is 4.25. The molecular formula is C7H15NO3S. The summed E-state index contributed by atoms with van der Waals surface area (Å²) in [6.45, 7) is 0. The molecule has 5 heteroatoms. The van der Waals surface area contributed by atoms with E-state index in [9.17, 15) is 8.42 Å². The van der Waals surface area contributed by atoms with Gasteiger partial charge in [-0.25, -0.2) is 0 Å². The zero-order chi connectivity index (χ0) is 9.03. The van der Waals surface area contributed by atoms with Gasteiger partial charge < -0.3 is 0 Å². The van der Waals surface area contributed by atoms with Gasteiger partial charge in [0.1, 0.15) is 0 Å². The van der Waals surface area contributed by atoms with E-state index in [1.54, 1.807) is 0 Å². The van der Waals surface area contributed by atoms with Crippen molar-refractivity contribution in [3.8, 4) is 0 Å². The lowest BCUT2D eigenvalue weighted by atomic mass is 9.91. The zero-order valence-electron chi connectivity index (χ0n) is 7.03. The Bertz CT molecular complexity index is 219.